The summed E-state index contributed by atoms with van der Waals surface area (Å²) in [6.45, 7) is 3.41. The largest absolute Gasteiger partial charge is 0.493 e. The van der Waals surface area contributed by atoms with Gasteiger partial charge in [-0.15, -0.1) is 0 Å². The normalized spacial score (nSPS) is 14.9. The number of carbonyl (C=O) groups excluding carboxylic acids is 3. The van der Waals surface area contributed by atoms with Crippen molar-refractivity contribution in [1.29, 1.82) is 0 Å². The Labute approximate surface area is 189 Å². The number of halogens is 1. The summed E-state index contributed by atoms with van der Waals surface area (Å²) in [5.41, 5.74) is 3.09. The number of rotatable bonds is 6. The molecule has 1 aliphatic heterocycles. The number of benzene rings is 2. The lowest BCUT2D eigenvalue weighted by Gasteiger charge is -2.14. The highest BCUT2D eigenvalue weighted by Crippen LogP contribution is 2.38. The third-order valence-electron chi connectivity index (χ3n) is 4.60. The van der Waals surface area contributed by atoms with Gasteiger partial charge in [-0.05, 0) is 66.6 Å². The fourth-order valence-corrected chi connectivity index (χ4v) is 4.15. The average molecular weight is 461 g/mol. The standard InChI is InChI=1S/C22H21ClN2O5S/c1-12-5-6-13(2)16(7-12)24-19(26)11-25-21(27)18(31-22(25)28)10-14-8-15(23)20(30-4)17(9-14)29-3/h5-10H,11H2,1-4H3,(H,24,26)/b18-10-. The first-order valence-corrected chi connectivity index (χ1v) is 10.5. The van der Waals surface area contributed by atoms with Crippen LogP contribution in [0.4, 0.5) is 10.5 Å². The van der Waals surface area contributed by atoms with Crippen molar-refractivity contribution in [2.75, 3.05) is 26.1 Å². The average Bonchev–Trinajstić information content (AvgIpc) is 2.97. The van der Waals surface area contributed by atoms with Gasteiger partial charge >= 0.3 is 0 Å². The van der Waals surface area contributed by atoms with Gasteiger partial charge in [0.05, 0.1) is 24.1 Å². The Morgan fingerprint density at radius 1 is 1.16 bits per heavy atom. The molecule has 1 N–H and O–H groups in total. The zero-order chi connectivity index (χ0) is 22.7. The number of nitrogens with one attached hydrogen (secondary N) is 1. The number of hydrogen-bond donors (Lipinski definition) is 1. The Balaban J connectivity index is 1.77. The van der Waals surface area contributed by atoms with Crippen molar-refractivity contribution in [2.24, 2.45) is 0 Å². The number of carbonyl (C=O) groups is 3. The lowest BCUT2D eigenvalue weighted by Crippen LogP contribution is -2.36. The van der Waals surface area contributed by atoms with Crippen molar-refractivity contribution >= 4 is 52.2 Å². The summed E-state index contributed by atoms with van der Waals surface area (Å²) in [5, 5.41) is 2.55. The lowest BCUT2D eigenvalue weighted by atomic mass is 10.1. The molecule has 0 aromatic heterocycles. The van der Waals surface area contributed by atoms with Gasteiger partial charge in [-0.2, -0.15) is 0 Å². The highest BCUT2D eigenvalue weighted by atomic mass is 35.5. The van der Waals surface area contributed by atoms with Crippen LogP contribution in [0.25, 0.3) is 6.08 Å². The summed E-state index contributed by atoms with van der Waals surface area (Å²) in [6, 6.07) is 8.91. The van der Waals surface area contributed by atoms with Crippen molar-refractivity contribution in [2.45, 2.75) is 13.8 Å². The van der Waals surface area contributed by atoms with Gasteiger partial charge in [0.25, 0.3) is 11.1 Å². The van der Waals surface area contributed by atoms with Gasteiger partial charge in [0.1, 0.15) is 6.54 Å². The number of ether oxygens (including phenoxy) is 2. The summed E-state index contributed by atoms with van der Waals surface area (Å²) < 4.78 is 10.5. The number of amides is 3. The van der Waals surface area contributed by atoms with Gasteiger partial charge in [-0.1, -0.05) is 23.7 Å². The van der Waals surface area contributed by atoms with Crippen molar-refractivity contribution in [3.8, 4) is 11.5 Å². The van der Waals surface area contributed by atoms with Gasteiger partial charge in [0, 0.05) is 5.69 Å². The van der Waals surface area contributed by atoms with Crippen LogP contribution in [0.15, 0.2) is 35.2 Å². The molecule has 2 aromatic rings. The molecule has 1 fully saturated rings. The van der Waals surface area contributed by atoms with Gasteiger partial charge < -0.3 is 14.8 Å². The minimum absolute atomic E-state index is 0.188. The number of anilines is 1. The molecular weight excluding hydrogens is 440 g/mol. The molecule has 1 heterocycles. The first-order chi connectivity index (χ1) is 14.7. The highest BCUT2D eigenvalue weighted by Gasteiger charge is 2.36. The van der Waals surface area contributed by atoms with E-state index in [0.717, 1.165) is 27.8 Å². The molecule has 0 unspecified atom stereocenters. The Bertz CT molecular complexity index is 1100. The van der Waals surface area contributed by atoms with Crippen molar-refractivity contribution in [3.63, 3.8) is 0 Å². The van der Waals surface area contributed by atoms with Crippen LogP contribution >= 0.6 is 23.4 Å². The third kappa shape index (κ3) is 5.03. The van der Waals surface area contributed by atoms with Crippen molar-refractivity contribution in [3.05, 3.63) is 56.9 Å². The van der Waals surface area contributed by atoms with Crippen molar-refractivity contribution in [1.82, 2.24) is 4.90 Å². The molecule has 0 atom stereocenters. The number of nitrogens with zero attached hydrogens (tertiary/aromatic N) is 1. The number of hydrogen-bond acceptors (Lipinski definition) is 6. The van der Waals surface area contributed by atoms with Crippen LogP contribution in [0.5, 0.6) is 11.5 Å². The van der Waals surface area contributed by atoms with Gasteiger partial charge in [-0.25, -0.2) is 0 Å². The minimum Gasteiger partial charge on any atom is -0.493 e. The fraction of sp³-hybridized carbons (Fsp3) is 0.227. The summed E-state index contributed by atoms with van der Waals surface area (Å²) in [5.74, 6) is -0.227. The number of methoxy groups -OCH3 is 2. The summed E-state index contributed by atoms with van der Waals surface area (Å²) in [7, 11) is 2.94. The second-order valence-corrected chi connectivity index (χ2v) is 8.27. The second kappa shape index (κ2) is 9.45. The molecule has 7 nitrogen and oxygen atoms in total. The van der Waals surface area contributed by atoms with E-state index >= 15 is 0 Å². The van der Waals surface area contributed by atoms with Crippen LogP contribution in [0.2, 0.25) is 5.02 Å². The molecule has 0 radical (unpaired) electrons. The van der Waals surface area contributed by atoms with E-state index < -0.39 is 17.1 Å². The predicted octanol–water partition coefficient (Wildman–Crippen LogP) is 4.65. The van der Waals surface area contributed by atoms with E-state index in [1.54, 1.807) is 12.1 Å². The number of aryl methyl sites for hydroxylation is 2. The van der Waals surface area contributed by atoms with E-state index in [1.807, 2.05) is 32.0 Å². The van der Waals surface area contributed by atoms with E-state index in [-0.39, 0.29) is 11.4 Å². The van der Waals surface area contributed by atoms with Gasteiger partial charge in [-0.3, -0.25) is 19.3 Å². The van der Waals surface area contributed by atoms with Crippen LogP contribution in [0.1, 0.15) is 16.7 Å². The molecule has 0 spiro atoms. The molecule has 3 rings (SSSR count). The maximum Gasteiger partial charge on any atom is 0.294 e. The maximum atomic E-state index is 12.7. The Morgan fingerprint density at radius 3 is 2.58 bits per heavy atom. The molecule has 0 bridgehead atoms. The predicted molar refractivity (Wildman–Crippen MR) is 122 cm³/mol. The summed E-state index contributed by atoms with van der Waals surface area (Å²) >= 11 is 6.97. The van der Waals surface area contributed by atoms with Crippen LogP contribution in [-0.2, 0) is 9.59 Å². The molecular formula is C22H21ClN2O5S. The van der Waals surface area contributed by atoms with E-state index in [1.165, 1.54) is 20.3 Å². The molecule has 9 heteroatoms. The zero-order valence-corrected chi connectivity index (χ0v) is 19.0. The van der Waals surface area contributed by atoms with Crippen LogP contribution < -0.4 is 14.8 Å². The lowest BCUT2D eigenvalue weighted by molar-refractivity contribution is -0.127. The quantitative estimate of drug-likeness (QED) is 0.631. The van der Waals surface area contributed by atoms with Crippen LogP contribution in [0.3, 0.4) is 0 Å². The number of imide groups is 1. The monoisotopic (exact) mass is 460 g/mol. The Hall–Kier alpha value is -2.97. The summed E-state index contributed by atoms with van der Waals surface area (Å²) in [4.78, 5) is 38.7. The van der Waals surface area contributed by atoms with Crippen molar-refractivity contribution < 1.29 is 23.9 Å². The third-order valence-corrected chi connectivity index (χ3v) is 5.78. The molecule has 2 aromatic carbocycles. The first kappa shape index (κ1) is 22.7. The minimum atomic E-state index is -0.544. The molecule has 1 aliphatic rings. The summed E-state index contributed by atoms with van der Waals surface area (Å²) in [6.07, 6.45) is 1.53. The molecule has 162 valence electrons. The highest BCUT2D eigenvalue weighted by molar-refractivity contribution is 8.18. The van der Waals surface area contributed by atoms with Crippen LogP contribution in [0, 0.1) is 13.8 Å². The van der Waals surface area contributed by atoms with Gasteiger partial charge in [0.15, 0.2) is 11.5 Å². The van der Waals surface area contributed by atoms with Gasteiger partial charge in [0.2, 0.25) is 5.91 Å². The fourth-order valence-electron chi connectivity index (χ4n) is 3.01. The Kier molecular flexibility index (Phi) is 6.92. The molecule has 3 amide bonds. The molecule has 31 heavy (non-hydrogen) atoms. The topological polar surface area (TPSA) is 84.9 Å². The number of thioether (sulfide) groups is 1. The molecule has 1 saturated heterocycles. The van der Waals surface area contributed by atoms with Crippen LogP contribution in [-0.4, -0.2) is 42.7 Å². The van der Waals surface area contributed by atoms with E-state index in [9.17, 15) is 14.4 Å². The molecule has 0 saturated carbocycles. The SMILES string of the molecule is COc1cc(/C=C2\SC(=O)N(CC(=O)Nc3cc(C)ccc3C)C2=O)cc(Cl)c1OC. The zero-order valence-electron chi connectivity index (χ0n) is 17.4. The smallest absolute Gasteiger partial charge is 0.294 e. The first-order valence-electron chi connectivity index (χ1n) is 9.27. The maximum absolute atomic E-state index is 12.7. The van der Waals surface area contributed by atoms with E-state index in [0.29, 0.717) is 27.8 Å². The molecule has 0 aliphatic carbocycles. The van der Waals surface area contributed by atoms with E-state index in [4.69, 9.17) is 21.1 Å². The second-order valence-electron chi connectivity index (χ2n) is 6.87. The Morgan fingerprint density at radius 2 is 1.90 bits per heavy atom. The van der Waals surface area contributed by atoms with E-state index in [2.05, 4.69) is 5.32 Å².